The van der Waals surface area contributed by atoms with Gasteiger partial charge in [0.2, 0.25) is 0 Å². The van der Waals surface area contributed by atoms with Crippen molar-refractivity contribution in [2.45, 2.75) is 13.2 Å². The highest BCUT2D eigenvalue weighted by atomic mass is 16.6. The lowest BCUT2D eigenvalue weighted by molar-refractivity contribution is -0.384. The SMILES string of the molecule is O=C(NCc1ccccc1)c1ccc(COc2ccc([N+](=O)[O-])cc2)cc1. The van der Waals surface area contributed by atoms with Crippen molar-refractivity contribution in [1.29, 1.82) is 0 Å². The van der Waals surface area contributed by atoms with Crippen molar-refractivity contribution in [2.24, 2.45) is 0 Å². The van der Waals surface area contributed by atoms with Crippen molar-refractivity contribution in [2.75, 3.05) is 0 Å². The lowest BCUT2D eigenvalue weighted by atomic mass is 10.1. The lowest BCUT2D eigenvalue weighted by Crippen LogP contribution is -2.22. The summed E-state index contributed by atoms with van der Waals surface area (Å²) in [6.07, 6.45) is 0. The van der Waals surface area contributed by atoms with Crippen molar-refractivity contribution in [3.63, 3.8) is 0 Å². The fraction of sp³-hybridized carbons (Fsp3) is 0.0952. The lowest BCUT2D eigenvalue weighted by Gasteiger charge is -2.08. The molecule has 0 spiro atoms. The van der Waals surface area contributed by atoms with E-state index in [2.05, 4.69) is 5.32 Å². The van der Waals surface area contributed by atoms with Crippen molar-refractivity contribution in [1.82, 2.24) is 5.32 Å². The van der Waals surface area contributed by atoms with Crippen LogP contribution in [0.15, 0.2) is 78.9 Å². The molecule has 0 atom stereocenters. The summed E-state index contributed by atoms with van der Waals surface area (Å²) < 4.78 is 5.61. The van der Waals surface area contributed by atoms with Crippen molar-refractivity contribution in [3.05, 3.63) is 106 Å². The number of benzene rings is 3. The third-order valence-corrected chi connectivity index (χ3v) is 3.97. The summed E-state index contributed by atoms with van der Waals surface area (Å²) in [6.45, 7) is 0.786. The molecule has 3 rings (SSSR count). The summed E-state index contributed by atoms with van der Waals surface area (Å²) in [5.74, 6) is 0.409. The summed E-state index contributed by atoms with van der Waals surface area (Å²) in [6, 6.07) is 22.8. The number of carbonyl (C=O) groups excluding carboxylic acids is 1. The molecule has 0 bridgehead atoms. The van der Waals surface area contributed by atoms with E-state index in [1.54, 1.807) is 24.3 Å². The minimum absolute atomic E-state index is 0.0215. The number of rotatable bonds is 7. The minimum atomic E-state index is -0.453. The van der Waals surface area contributed by atoms with Gasteiger partial charge in [0.15, 0.2) is 0 Å². The van der Waals surface area contributed by atoms with E-state index in [4.69, 9.17) is 4.74 Å². The fourth-order valence-corrected chi connectivity index (χ4v) is 2.46. The van der Waals surface area contributed by atoms with Crippen LogP contribution in [0.3, 0.4) is 0 Å². The van der Waals surface area contributed by atoms with Gasteiger partial charge in [-0.05, 0) is 35.4 Å². The van der Waals surface area contributed by atoms with Gasteiger partial charge in [-0.3, -0.25) is 14.9 Å². The number of nitrogens with zero attached hydrogens (tertiary/aromatic N) is 1. The summed E-state index contributed by atoms with van der Waals surface area (Å²) in [5.41, 5.74) is 2.53. The van der Waals surface area contributed by atoms with Gasteiger partial charge in [0.05, 0.1) is 4.92 Å². The standard InChI is InChI=1S/C21H18N2O4/c24-21(22-14-16-4-2-1-3-5-16)18-8-6-17(7-9-18)15-27-20-12-10-19(11-13-20)23(25)26/h1-13H,14-15H2,(H,22,24). The molecule has 0 saturated heterocycles. The fourth-order valence-electron chi connectivity index (χ4n) is 2.46. The number of carbonyl (C=O) groups is 1. The molecule has 3 aromatic carbocycles. The number of hydrogen-bond acceptors (Lipinski definition) is 4. The highest BCUT2D eigenvalue weighted by Crippen LogP contribution is 2.18. The van der Waals surface area contributed by atoms with E-state index in [9.17, 15) is 14.9 Å². The van der Waals surface area contributed by atoms with Crippen molar-refractivity contribution < 1.29 is 14.5 Å². The van der Waals surface area contributed by atoms with Crippen LogP contribution < -0.4 is 10.1 Å². The van der Waals surface area contributed by atoms with Gasteiger partial charge in [0.25, 0.3) is 11.6 Å². The zero-order valence-electron chi connectivity index (χ0n) is 14.5. The normalized spacial score (nSPS) is 10.2. The first-order valence-electron chi connectivity index (χ1n) is 8.40. The molecule has 0 aromatic heterocycles. The molecule has 0 aliphatic carbocycles. The van der Waals surface area contributed by atoms with Crippen LogP contribution in [0.25, 0.3) is 0 Å². The summed E-state index contributed by atoms with van der Waals surface area (Å²) >= 11 is 0. The molecule has 1 amide bonds. The van der Waals surface area contributed by atoms with Crippen molar-refractivity contribution in [3.8, 4) is 5.75 Å². The first-order chi connectivity index (χ1) is 13.1. The molecule has 0 aliphatic rings. The number of ether oxygens (including phenoxy) is 1. The topological polar surface area (TPSA) is 81.5 Å². The molecule has 0 radical (unpaired) electrons. The van der Waals surface area contributed by atoms with E-state index in [-0.39, 0.29) is 11.6 Å². The van der Waals surface area contributed by atoms with Crippen LogP contribution >= 0.6 is 0 Å². The zero-order chi connectivity index (χ0) is 19.1. The smallest absolute Gasteiger partial charge is 0.269 e. The summed E-state index contributed by atoms with van der Waals surface area (Å²) in [5, 5.41) is 13.5. The van der Waals surface area contributed by atoms with E-state index in [0.717, 1.165) is 11.1 Å². The monoisotopic (exact) mass is 362 g/mol. The zero-order valence-corrected chi connectivity index (χ0v) is 14.5. The van der Waals surface area contributed by atoms with Crippen LogP contribution in [0.1, 0.15) is 21.5 Å². The third-order valence-electron chi connectivity index (χ3n) is 3.97. The predicted octanol–water partition coefficient (Wildman–Crippen LogP) is 4.10. The van der Waals surface area contributed by atoms with E-state index in [0.29, 0.717) is 24.5 Å². The van der Waals surface area contributed by atoms with E-state index >= 15 is 0 Å². The number of nitrogens with one attached hydrogen (secondary N) is 1. The Morgan fingerprint density at radius 2 is 1.56 bits per heavy atom. The molecule has 6 heteroatoms. The number of nitro groups is 1. The molecule has 0 heterocycles. The van der Waals surface area contributed by atoms with Crippen molar-refractivity contribution >= 4 is 11.6 Å². The quantitative estimate of drug-likeness (QED) is 0.507. The second-order valence-electron chi connectivity index (χ2n) is 5.90. The first-order valence-corrected chi connectivity index (χ1v) is 8.40. The molecule has 27 heavy (non-hydrogen) atoms. The number of non-ortho nitro benzene ring substituents is 1. The largest absolute Gasteiger partial charge is 0.489 e. The molecule has 0 saturated carbocycles. The van der Waals surface area contributed by atoms with Gasteiger partial charge >= 0.3 is 0 Å². The molecular formula is C21H18N2O4. The van der Waals surface area contributed by atoms with Crippen LogP contribution in [0.5, 0.6) is 5.75 Å². The van der Waals surface area contributed by atoms with Gasteiger partial charge in [-0.25, -0.2) is 0 Å². The van der Waals surface area contributed by atoms with Crippen LogP contribution in [-0.4, -0.2) is 10.8 Å². The Kier molecular flexibility index (Phi) is 5.79. The van der Waals surface area contributed by atoms with Gasteiger partial charge in [0.1, 0.15) is 12.4 Å². The molecular weight excluding hydrogens is 344 g/mol. The van der Waals surface area contributed by atoms with E-state index < -0.39 is 4.92 Å². The highest BCUT2D eigenvalue weighted by molar-refractivity contribution is 5.94. The Hall–Kier alpha value is -3.67. The molecule has 0 aliphatic heterocycles. The number of hydrogen-bond donors (Lipinski definition) is 1. The second kappa shape index (κ2) is 8.62. The van der Waals surface area contributed by atoms with E-state index in [1.807, 2.05) is 42.5 Å². The first kappa shape index (κ1) is 18.1. The minimum Gasteiger partial charge on any atom is -0.489 e. The average Bonchev–Trinajstić information content (AvgIpc) is 2.72. The maximum Gasteiger partial charge on any atom is 0.269 e. The molecule has 0 unspecified atom stereocenters. The van der Waals surface area contributed by atoms with Gasteiger partial charge in [-0.2, -0.15) is 0 Å². The summed E-state index contributed by atoms with van der Waals surface area (Å²) in [7, 11) is 0. The number of amides is 1. The summed E-state index contributed by atoms with van der Waals surface area (Å²) in [4.78, 5) is 22.4. The predicted molar refractivity (Wildman–Crippen MR) is 101 cm³/mol. The Morgan fingerprint density at radius 3 is 2.19 bits per heavy atom. The third kappa shape index (κ3) is 5.15. The van der Waals surface area contributed by atoms with Gasteiger partial charge in [-0.15, -0.1) is 0 Å². The number of nitro benzene ring substituents is 1. The van der Waals surface area contributed by atoms with E-state index in [1.165, 1.54) is 12.1 Å². The maximum absolute atomic E-state index is 12.2. The van der Waals surface area contributed by atoms with Crippen LogP contribution in [0, 0.1) is 10.1 Å². The molecule has 1 N–H and O–H groups in total. The Bertz CT molecular complexity index is 907. The molecule has 3 aromatic rings. The van der Waals surface area contributed by atoms with Gasteiger partial charge in [0, 0.05) is 24.2 Å². The Morgan fingerprint density at radius 1 is 0.889 bits per heavy atom. The highest BCUT2D eigenvalue weighted by Gasteiger charge is 2.07. The van der Waals surface area contributed by atoms with Crippen LogP contribution in [0.4, 0.5) is 5.69 Å². The average molecular weight is 362 g/mol. The Labute approximate surface area is 156 Å². The van der Waals surface area contributed by atoms with Gasteiger partial charge < -0.3 is 10.1 Å². The maximum atomic E-state index is 12.2. The van der Waals surface area contributed by atoms with Crippen LogP contribution in [0.2, 0.25) is 0 Å². The second-order valence-corrected chi connectivity index (χ2v) is 5.90. The molecule has 0 fully saturated rings. The molecule has 6 nitrogen and oxygen atoms in total. The molecule has 136 valence electrons. The van der Waals surface area contributed by atoms with Crippen LogP contribution in [-0.2, 0) is 13.2 Å². The Balaban J connectivity index is 1.52. The van der Waals surface area contributed by atoms with Gasteiger partial charge in [-0.1, -0.05) is 42.5 Å².